The van der Waals surface area contributed by atoms with E-state index in [1.165, 1.54) is 11.3 Å². The highest BCUT2D eigenvalue weighted by atomic mass is 79.9. The van der Waals surface area contributed by atoms with Gasteiger partial charge in [-0.1, -0.05) is 25.2 Å². The maximum absolute atomic E-state index is 5.54. The number of fused-ring (bicyclic) bond motifs is 1. The number of anilines is 1. The third-order valence-electron chi connectivity index (χ3n) is 1.51. The Balaban J connectivity index is 0.000000531. The SMILES string of the molecule is CC.COc1nc2nc(N)sc2cc1Br. The van der Waals surface area contributed by atoms with E-state index in [4.69, 9.17) is 10.5 Å². The Labute approximate surface area is 101 Å². The van der Waals surface area contributed by atoms with E-state index in [-0.39, 0.29) is 0 Å². The second-order valence-corrected chi connectivity index (χ2v) is 4.27. The fourth-order valence-corrected chi connectivity index (χ4v) is 2.33. The molecule has 0 unspecified atom stereocenters. The molecule has 0 aliphatic carbocycles. The van der Waals surface area contributed by atoms with Crippen molar-refractivity contribution in [3.05, 3.63) is 10.5 Å². The summed E-state index contributed by atoms with van der Waals surface area (Å²) < 4.78 is 6.79. The van der Waals surface area contributed by atoms with Gasteiger partial charge in [-0.3, -0.25) is 0 Å². The van der Waals surface area contributed by atoms with E-state index in [9.17, 15) is 0 Å². The largest absolute Gasteiger partial charge is 0.480 e. The Morgan fingerprint density at radius 1 is 1.40 bits per heavy atom. The van der Waals surface area contributed by atoms with Crippen molar-refractivity contribution in [3.8, 4) is 5.88 Å². The highest BCUT2D eigenvalue weighted by Crippen LogP contribution is 2.30. The summed E-state index contributed by atoms with van der Waals surface area (Å²) in [6.07, 6.45) is 0. The fourth-order valence-electron chi connectivity index (χ4n) is 0.984. The number of pyridine rings is 1. The molecule has 0 aromatic carbocycles. The van der Waals surface area contributed by atoms with Crippen molar-refractivity contribution in [1.82, 2.24) is 9.97 Å². The molecule has 0 bridgehead atoms. The third-order valence-corrected chi connectivity index (χ3v) is 2.90. The van der Waals surface area contributed by atoms with Crippen LogP contribution in [0.15, 0.2) is 10.5 Å². The Bertz CT molecular complexity index is 458. The summed E-state index contributed by atoms with van der Waals surface area (Å²) in [4.78, 5) is 8.21. The van der Waals surface area contributed by atoms with Crippen LogP contribution in [0.5, 0.6) is 5.88 Å². The zero-order chi connectivity index (χ0) is 11.4. The number of hydrogen-bond donors (Lipinski definition) is 1. The Morgan fingerprint density at radius 3 is 2.67 bits per heavy atom. The van der Waals surface area contributed by atoms with Crippen molar-refractivity contribution >= 4 is 42.7 Å². The van der Waals surface area contributed by atoms with Gasteiger partial charge in [0.1, 0.15) is 0 Å². The van der Waals surface area contributed by atoms with E-state index >= 15 is 0 Å². The molecule has 6 heteroatoms. The van der Waals surface area contributed by atoms with Crippen LogP contribution >= 0.6 is 27.3 Å². The summed E-state index contributed by atoms with van der Waals surface area (Å²) in [5.74, 6) is 0.526. The molecule has 0 saturated carbocycles. The molecule has 2 aromatic rings. The summed E-state index contributed by atoms with van der Waals surface area (Å²) >= 11 is 4.74. The number of methoxy groups -OCH3 is 1. The van der Waals surface area contributed by atoms with Gasteiger partial charge in [-0.15, -0.1) is 0 Å². The molecule has 2 N–H and O–H groups in total. The summed E-state index contributed by atoms with van der Waals surface area (Å²) in [7, 11) is 1.56. The zero-order valence-corrected chi connectivity index (χ0v) is 11.1. The van der Waals surface area contributed by atoms with Crippen molar-refractivity contribution in [2.75, 3.05) is 12.8 Å². The Hall–Kier alpha value is -0.880. The van der Waals surface area contributed by atoms with Crippen LogP contribution in [0, 0.1) is 0 Å². The second-order valence-electron chi connectivity index (χ2n) is 2.35. The molecule has 0 amide bonds. The van der Waals surface area contributed by atoms with Crippen LogP contribution in [0.1, 0.15) is 13.8 Å². The maximum atomic E-state index is 5.54. The lowest BCUT2D eigenvalue weighted by Crippen LogP contribution is -1.89. The first-order chi connectivity index (χ1) is 7.20. The van der Waals surface area contributed by atoms with Crippen LogP contribution in [0.2, 0.25) is 0 Å². The first-order valence-electron chi connectivity index (χ1n) is 4.47. The molecule has 2 aromatic heterocycles. The predicted molar refractivity (Wildman–Crippen MR) is 67.4 cm³/mol. The summed E-state index contributed by atoms with van der Waals surface area (Å²) in [5.41, 5.74) is 6.17. The van der Waals surface area contributed by atoms with Crippen molar-refractivity contribution in [2.45, 2.75) is 13.8 Å². The molecule has 0 fully saturated rings. The number of nitrogens with two attached hydrogens (primary N) is 1. The van der Waals surface area contributed by atoms with E-state index < -0.39 is 0 Å². The van der Waals surface area contributed by atoms with Crippen LogP contribution in [0.4, 0.5) is 5.13 Å². The number of nitrogen functional groups attached to an aromatic ring is 1. The topological polar surface area (TPSA) is 61.0 Å². The lowest BCUT2D eigenvalue weighted by atomic mass is 10.5. The molecule has 0 spiro atoms. The number of ether oxygens (including phenoxy) is 1. The van der Waals surface area contributed by atoms with E-state index in [0.29, 0.717) is 16.7 Å². The summed E-state index contributed by atoms with van der Waals surface area (Å²) in [5, 5.41) is 0.516. The Morgan fingerprint density at radius 2 is 2.07 bits per heavy atom. The maximum Gasteiger partial charge on any atom is 0.229 e. The smallest absolute Gasteiger partial charge is 0.229 e. The minimum absolute atomic E-state index is 0.516. The van der Waals surface area contributed by atoms with Crippen LogP contribution in [0.25, 0.3) is 10.3 Å². The van der Waals surface area contributed by atoms with Crippen molar-refractivity contribution in [3.63, 3.8) is 0 Å². The lowest BCUT2D eigenvalue weighted by Gasteiger charge is -1.99. The Kier molecular flexibility index (Phi) is 4.28. The number of hydrogen-bond acceptors (Lipinski definition) is 5. The lowest BCUT2D eigenvalue weighted by molar-refractivity contribution is 0.396. The molecule has 4 nitrogen and oxygen atoms in total. The first-order valence-corrected chi connectivity index (χ1v) is 6.08. The van der Waals surface area contributed by atoms with Gasteiger partial charge in [-0.2, -0.15) is 4.98 Å². The number of thiazole rings is 1. The fraction of sp³-hybridized carbons (Fsp3) is 0.333. The van der Waals surface area contributed by atoms with E-state index in [1.807, 2.05) is 19.9 Å². The number of rotatable bonds is 1. The van der Waals surface area contributed by atoms with Crippen LogP contribution < -0.4 is 10.5 Å². The average Bonchev–Trinajstić information content (AvgIpc) is 2.59. The molecule has 15 heavy (non-hydrogen) atoms. The number of halogens is 1. The highest BCUT2D eigenvalue weighted by molar-refractivity contribution is 9.10. The average molecular weight is 290 g/mol. The van der Waals surface area contributed by atoms with Gasteiger partial charge >= 0.3 is 0 Å². The van der Waals surface area contributed by atoms with Gasteiger partial charge in [0.15, 0.2) is 10.8 Å². The minimum Gasteiger partial charge on any atom is -0.480 e. The molecule has 82 valence electrons. The quantitative estimate of drug-likeness (QED) is 0.876. The molecule has 0 saturated heterocycles. The molecular weight excluding hydrogens is 278 g/mol. The van der Waals surface area contributed by atoms with Gasteiger partial charge in [0.05, 0.1) is 16.3 Å². The third kappa shape index (κ3) is 2.57. The van der Waals surface area contributed by atoms with Gasteiger partial charge in [-0.05, 0) is 22.0 Å². The normalized spacial score (nSPS) is 9.60. The van der Waals surface area contributed by atoms with Gasteiger partial charge in [0.25, 0.3) is 0 Å². The van der Waals surface area contributed by atoms with Gasteiger partial charge < -0.3 is 10.5 Å². The summed E-state index contributed by atoms with van der Waals surface area (Å²) in [6, 6.07) is 1.90. The molecule has 0 aliphatic heterocycles. The first kappa shape index (κ1) is 12.2. The summed E-state index contributed by atoms with van der Waals surface area (Å²) in [6.45, 7) is 4.00. The monoisotopic (exact) mass is 289 g/mol. The second kappa shape index (κ2) is 5.27. The molecule has 2 heterocycles. The predicted octanol–water partition coefficient (Wildman–Crippen LogP) is 3.07. The highest BCUT2D eigenvalue weighted by Gasteiger charge is 2.08. The van der Waals surface area contributed by atoms with Crippen LogP contribution in [0.3, 0.4) is 0 Å². The number of aromatic nitrogens is 2. The standard InChI is InChI=1S/C7H6BrN3OS.C2H6/c1-12-6-3(8)2-4-5(10-6)11-7(9)13-4;1-2/h2H,1H3,(H2,9,10,11);1-2H3. The number of nitrogens with zero attached hydrogens (tertiary/aromatic N) is 2. The molecule has 2 rings (SSSR count). The molecule has 0 radical (unpaired) electrons. The van der Waals surface area contributed by atoms with Gasteiger partial charge in [0, 0.05) is 0 Å². The van der Waals surface area contributed by atoms with Gasteiger partial charge in [-0.25, -0.2) is 4.98 Å². The van der Waals surface area contributed by atoms with Crippen LogP contribution in [-0.2, 0) is 0 Å². The molecule has 0 atom stereocenters. The van der Waals surface area contributed by atoms with E-state index in [0.717, 1.165) is 9.17 Å². The van der Waals surface area contributed by atoms with Crippen LogP contribution in [-0.4, -0.2) is 17.1 Å². The van der Waals surface area contributed by atoms with Gasteiger partial charge in [0.2, 0.25) is 5.88 Å². The molecular formula is C9H12BrN3OS. The van der Waals surface area contributed by atoms with Crippen molar-refractivity contribution in [2.24, 2.45) is 0 Å². The van der Waals surface area contributed by atoms with Crippen molar-refractivity contribution < 1.29 is 4.74 Å². The minimum atomic E-state index is 0.516. The van der Waals surface area contributed by atoms with E-state index in [1.54, 1.807) is 7.11 Å². The van der Waals surface area contributed by atoms with E-state index in [2.05, 4.69) is 25.9 Å². The zero-order valence-electron chi connectivity index (χ0n) is 8.74. The molecule has 0 aliphatic rings. The van der Waals surface area contributed by atoms with Crippen molar-refractivity contribution in [1.29, 1.82) is 0 Å².